The molecule has 20 heavy (non-hydrogen) atoms. The summed E-state index contributed by atoms with van der Waals surface area (Å²) >= 11 is 1.33. The van der Waals surface area contributed by atoms with Gasteiger partial charge >= 0.3 is 0 Å². The predicted octanol–water partition coefficient (Wildman–Crippen LogP) is 5.48. The zero-order chi connectivity index (χ0) is 14.2. The molecule has 2 aromatic carbocycles. The van der Waals surface area contributed by atoms with E-state index in [0.29, 0.717) is 0 Å². The molecule has 0 saturated heterocycles. The highest BCUT2D eigenvalue weighted by Gasteiger charge is 2.00. The fraction of sp³-hybridized carbons (Fsp3) is 0.294. The van der Waals surface area contributed by atoms with Crippen LogP contribution < -0.4 is 4.74 Å². The Bertz CT molecular complexity index is 523. The van der Waals surface area contributed by atoms with Gasteiger partial charge in [-0.25, -0.2) is 0 Å². The topological polar surface area (TPSA) is 18.5 Å². The third-order valence-electron chi connectivity index (χ3n) is 2.96. The third-order valence-corrected chi connectivity index (χ3v) is 3.58. The van der Waals surface area contributed by atoms with E-state index in [2.05, 4.69) is 19.1 Å². The van der Waals surface area contributed by atoms with Gasteiger partial charge in [-0.15, -0.1) is 0 Å². The summed E-state index contributed by atoms with van der Waals surface area (Å²) in [5.41, 5.74) is 1.36. The van der Waals surface area contributed by atoms with Crippen LogP contribution in [0.2, 0.25) is 0 Å². The van der Waals surface area contributed by atoms with Crippen LogP contribution in [0, 0.1) is 0 Å². The summed E-state index contributed by atoms with van der Waals surface area (Å²) in [5.74, 6) is 1.69. The Hall–Kier alpha value is -1.45. The molecule has 106 valence electrons. The van der Waals surface area contributed by atoms with E-state index in [1.807, 2.05) is 36.4 Å². The van der Waals surface area contributed by atoms with Crippen LogP contribution in [0.25, 0.3) is 0 Å². The molecule has 0 bridgehead atoms. The van der Waals surface area contributed by atoms with Crippen molar-refractivity contribution >= 4 is 12.0 Å². The van der Waals surface area contributed by atoms with Gasteiger partial charge in [-0.2, -0.15) is 0 Å². The summed E-state index contributed by atoms with van der Waals surface area (Å²) in [6.07, 6.45) is 3.59. The number of hydrogen-bond acceptors (Lipinski definition) is 3. The van der Waals surface area contributed by atoms with Crippen LogP contribution in [0.1, 0.15) is 25.3 Å². The highest BCUT2D eigenvalue weighted by Crippen LogP contribution is 2.27. The first-order valence-electron chi connectivity index (χ1n) is 6.89. The predicted molar refractivity (Wildman–Crippen MR) is 84.4 cm³/mol. The van der Waals surface area contributed by atoms with E-state index in [9.17, 15) is 0 Å². The molecule has 0 fully saturated rings. The van der Waals surface area contributed by atoms with Gasteiger partial charge in [-0.05, 0) is 48.7 Å². The Kier molecular flexibility index (Phi) is 5.96. The van der Waals surface area contributed by atoms with Crippen molar-refractivity contribution in [3.63, 3.8) is 0 Å². The van der Waals surface area contributed by atoms with Crippen LogP contribution in [-0.4, -0.2) is 7.11 Å². The third kappa shape index (κ3) is 4.58. The summed E-state index contributed by atoms with van der Waals surface area (Å²) in [6, 6.07) is 16.2. The SMILES string of the molecule is CCCCc1ccc(Oc2cccc(SOC)c2)cc1. The Labute approximate surface area is 125 Å². The lowest BCUT2D eigenvalue weighted by molar-refractivity contribution is 0.477. The Morgan fingerprint density at radius 3 is 2.50 bits per heavy atom. The molecule has 2 nitrogen and oxygen atoms in total. The number of ether oxygens (including phenoxy) is 1. The maximum atomic E-state index is 5.86. The lowest BCUT2D eigenvalue weighted by Gasteiger charge is -2.08. The van der Waals surface area contributed by atoms with Crippen molar-refractivity contribution in [3.8, 4) is 11.5 Å². The normalized spacial score (nSPS) is 10.5. The smallest absolute Gasteiger partial charge is 0.128 e. The highest BCUT2D eigenvalue weighted by atomic mass is 32.2. The van der Waals surface area contributed by atoms with Crippen LogP contribution in [0.4, 0.5) is 0 Å². The van der Waals surface area contributed by atoms with E-state index in [1.165, 1.54) is 30.4 Å². The highest BCUT2D eigenvalue weighted by molar-refractivity contribution is 7.94. The van der Waals surface area contributed by atoms with Crippen LogP contribution in [0.5, 0.6) is 11.5 Å². The molecular weight excluding hydrogens is 268 g/mol. The molecule has 0 aromatic heterocycles. The number of aryl methyl sites for hydroxylation is 1. The van der Waals surface area contributed by atoms with E-state index >= 15 is 0 Å². The molecule has 0 N–H and O–H groups in total. The van der Waals surface area contributed by atoms with Crippen LogP contribution in [-0.2, 0) is 10.6 Å². The number of unbranched alkanes of at least 4 members (excludes halogenated alkanes) is 1. The second-order valence-electron chi connectivity index (χ2n) is 4.57. The quantitative estimate of drug-likeness (QED) is 0.629. The van der Waals surface area contributed by atoms with E-state index in [1.54, 1.807) is 7.11 Å². The summed E-state index contributed by atoms with van der Waals surface area (Å²) < 4.78 is 10.9. The summed E-state index contributed by atoms with van der Waals surface area (Å²) in [7, 11) is 1.66. The molecule has 0 heterocycles. The van der Waals surface area contributed by atoms with Gasteiger partial charge in [0.15, 0.2) is 0 Å². The molecule has 0 amide bonds. The van der Waals surface area contributed by atoms with Gasteiger partial charge < -0.3 is 8.92 Å². The number of hydrogen-bond donors (Lipinski definition) is 0. The fourth-order valence-corrected chi connectivity index (χ4v) is 2.42. The molecule has 0 atom stereocenters. The molecule has 0 aliphatic heterocycles. The summed E-state index contributed by atoms with van der Waals surface area (Å²) in [4.78, 5) is 1.03. The second-order valence-corrected chi connectivity index (χ2v) is 5.55. The fourth-order valence-electron chi connectivity index (χ4n) is 1.93. The van der Waals surface area contributed by atoms with Crippen molar-refractivity contribution in [2.24, 2.45) is 0 Å². The minimum atomic E-state index is 0.827. The van der Waals surface area contributed by atoms with Crippen molar-refractivity contribution in [3.05, 3.63) is 54.1 Å². The van der Waals surface area contributed by atoms with E-state index in [4.69, 9.17) is 8.92 Å². The van der Waals surface area contributed by atoms with Gasteiger partial charge in [-0.3, -0.25) is 0 Å². The number of rotatable bonds is 7. The standard InChI is InChI=1S/C17H20O2S/c1-3-4-6-14-9-11-15(12-10-14)19-16-7-5-8-17(13-16)20-18-2/h5,7-13H,3-4,6H2,1-2H3. The van der Waals surface area contributed by atoms with Crippen molar-refractivity contribution < 1.29 is 8.92 Å². The van der Waals surface area contributed by atoms with Crippen LogP contribution >= 0.6 is 12.0 Å². The van der Waals surface area contributed by atoms with Crippen molar-refractivity contribution in [1.82, 2.24) is 0 Å². The van der Waals surface area contributed by atoms with Gasteiger partial charge in [0.2, 0.25) is 0 Å². The van der Waals surface area contributed by atoms with Gasteiger partial charge in [0, 0.05) is 16.9 Å². The zero-order valence-electron chi connectivity index (χ0n) is 12.0. The monoisotopic (exact) mass is 288 g/mol. The molecule has 0 radical (unpaired) electrons. The van der Waals surface area contributed by atoms with Gasteiger partial charge in [0.05, 0.1) is 7.11 Å². The average molecular weight is 288 g/mol. The molecule has 0 aliphatic carbocycles. The summed E-state index contributed by atoms with van der Waals surface area (Å²) in [6.45, 7) is 2.21. The lowest BCUT2D eigenvalue weighted by atomic mass is 10.1. The van der Waals surface area contributed by atoms with Gasteiger partial charge in [-0.1, -0.05) is 31.5 Å². The molecule has 3 heteroatoms. The average Bonchev–Trinajstić information content (AvgIpc) is 2.47. The van der Waals surface area contributed by atoms with E-state index in [0.717, 1.165) is 22.8 Å². The van der Waals surface area contributed by atoms with Gasteiger partial charge in [0.1, 0.15) is 11.5 Å². The largest absolute Gasteiger partial charge is 0.457 e. The first kappa shape index (κ1) is 14.9. The van der Waals surface area contributed by atoms with Crippen molar-refractivity contribution in [2.45, 2.75) is 31.1 Å². The van der Waals surface area contributed by atoms with E-state index in [-0.39, 0.29) is 0 Å². The first-order chi connectivity index (χ1) is 9.81. The molecular formula is C17H20O2S. The van der Waals surface area contributed by atoms with E-state index < -0.39 is 0 Å². The minimum Gasteiger partial charge on any atom is -0.457 e. The zero-order valence-corrected chi connectivity index (χ0v) is 12.8. The Morgan fingerprint density at radius 1 is 1.00 bits per heavy atom. The number of benzene rings is 2. The molecule has 0 spiro atoms. The van der Waals surface area contributed by atoms with Crippen LogP contribution in [0.3, 0.4) is 0 Å². The Balaban J connectivity index is 2.00. The minimum absolute atomic E-state index is 0.827. The molecule has 2 rings (SSSR count). The van der Waals surface area contributed by atoms with Crippen molar-refractivity contribution in [1.29, 1.82) is 0 Å². The van der Waals surface area contributed by atoms with Crippen molar-refractivity contribution in [2.75, 3.05) is 7.11 Å². The molecule has 2 aromatic rings. The summed E-state index contributed by atoms with van der Waals surface area (Å²) in [5, 5.41) is 0. The maximum absolute atomic E-state index is 5.86. The first-order valence-corrected chi connectivity index (χ1v) is 7.63. The van der Waals surface area contributed by atoms with Gasteiger partial charge in [0.25, 0.3) is 0 Å². The Morgan fingerprint density at radius 2 is 1.80 bits per heavy atom. The molecule has 0 saturated carbocycles. The maximum Gasteiger partial charge on any atom is 0.128 e. The van der Waals surface area contributed by atoms with Crippen LogP contribution in [0.15, 0.2) is 53.4 Å². The lowest BCUT2D eigenvalue weighted by Crippen LogP contribution is -1.87. The second kappa shape index (κ2) is 7.98. The molecule has 0 unspecified atom stereocenters. The molecule has 0 aliphatic rings.